The number of anilines is 2. The molecule has 0 bridgehead atoms. The van der Waals surface area contributed by atoms with E-state index in [1.165, 1.54) is 10.8 Å². The van der Waals surface area contributed by atoms with Crippen LogP contribution in [0.1, 0.15) is 30.1 Å². The molecule has 0 saturated carbocycles. The van der Waals surface area contributed by atoms with Crippen LogP contribution in [0.25, 0.3) is 28.0 Å². The molecule has 14 heteroatoms. The molecule has 0 atom stereocenters. The van der Waals surface area contributed by atoms with E-state index >= 15 is 0 Å². The highest BCUT2D eigenvalue weighted by molar-refractivity contribution is 6.33. The lowest BCUT2D eigenvalue weighted by atomic mass is 9.98. The van der Waals surface area contributed by atoms with Crippen molar-refractivity contribution in [2.45, 2.75) is 19.8 Å². The van der Waals surface area contributed by atoms with E-state index < -0.39 is 23.0 Å². The number of halogens is 6. The van der Waals surface area contributed by atoms with Gasteiger partial charge in [-0.2, -0.15) is 19.6 Å². The maximum atomic E-state index is 14.5. The third-order valence-electron chi connectivity index (χ3n) is 8.03. The summed E-state index contributed by atoms with van der Waals surface area (Å²) in [5.74, 6) is -2.19. The number of amides is 1. The van der Waals surface area contributed by atoms with E-state index in [-0.39, 0.29) is 27.6 Å². The minimum Gasteiger partial charge on any atom is -0.356 e. The van der Waals surface area contributed by atoms with Gasteiger partial charge in [-0.3, -0.25) is 4.79 Å². The normalized spacial score (nSPS) is 13.2. The molecule has 0 aliphatic carbocycles. The molecule has 0 radical (unpaired) electrons. The average molecular weight is 725 g/mol. The van der Waals surface area contributed by atoms with Gasteiger partial charge in [0.05, 0.1) is 16.7 Å². The number of fused-ring (bicyclic) bond motifs is 1. The number of nitrogens with one attached hydrogen (secondary N) is 1. The van der Waals surface area contributed by atoms with E-state index in [1.54, 1.807) is 18.3 Å². The first kappa shape index (κ1) is 34.2. The fraction of sp³-hybridized carbons (Fsp3) is 0.171. The highest BCUT2D eigenvalue weighted by Crippen LogP contribution is 2.40. The largest absolute Gasteiger partial charge is 0.356 e. The van der Waals surface area contributed by atoms with Gasteiger partial charge in [-0.05, 0) is 54.7 Å². The summed E-state index contributed by atoms with van der Waals surface area (Å²) in [6.07, 6.45) is 4.69. The summed E-state index contributed by atoms with van der Waals surface area (Å²) in [6, 6.07) is 19.5. The number of aromatic nitrogens is 5. The first-order valence-electron chi connectivity index (χ1n) is 15.2. The van der Waals surface area contributed by atoms with E-state index in [9.17, 15) is 18.0 Å². The van der Waals surface area contributed by atoms with Crippen LogP contribution in [-0.2, 0) is 0 Å². The number of hydrogen-bond acceptors (Lipinski definition) is 6. The molecule has 1 saturated heterocycles. The van der Waals surface area contributed by atoms with E-state index in [1.807, 2.05) is 53.4 Å². The van der Waals surface area contributed by atoms with Crippen molar-refractivity contribution in [1.29, 1.82) is 0 Å². The summed E-state index contributed by atoms with van der Waals surface area (Å²) in [6.45, 7) is 3.50. The number of carbonyl (C=O) groups is 1. The van der Waals surface area contributed by atoms with Crippen molar-refractivity contribution in [3.63, 3.8) is 0 Å². The maximum Gasteiger partial charge on any atom is 0.258 e. The summed E-state index contributed by atoms with van der Waals surface area (Å²) >= 11 is 18.2. The molecular weight excluding hydrogens is 698 g/mol. The number of pyridine rings is 1. The molecule has 1 amide bonds. The van der Waals surface area contributed by atoms with Gasteiger partial charge in [-0.15, -0.1) is 0 Å². The van der Waals surface area contributed by atoms with E-state index in [0.29, 0.717) is 53.2 Å². The van der Waals surface area contributed by atoms with Crippen LogP contribution in [0.4, 0.5) is 24.7 Å². The molecule has 49 heavy (non-hydrogen) atoms. The Bertz CT molecular complexity index is 2120. The Kier molecular flexibility index (Phi) is 10.3. The summed E-state index contributed by atoms with van der Waals surface area (Å²) in [5, 5.41) is 7.76. The minimum absolute atomic E-state index is 0.0502. The predicted octanol–water partition coefficient (Wildman–Crippen LogP) is 9.41. The van der Waals surface area contributed by atoms with Gasteiger partial charge >= 0.3 is 0 Å². The van der Waals surface area contributed by atoms with E-state index in [4.69, 9.17) is 34.8 Å². The Morgan fingerprint density at radius 1 is 0.857 bits per heavy atom. The standard InChI is InChI=1S/C18H12Cl2N2O.C17H15ClF3N5/c19-13-9-7-12(8-10-13)14-4-1-2-6-16(14)22-18(23)15-5-3-11-21-17(15)20;1-9-2-4-25(5-3-9)16-14(13-11(20)6-10(19)7-12(13)21)15(18)24-17-22-8-23-26(16)17/h1-11H,(H,22,23);6-9H,2-5H2,1H3. The van der Waals surface area contributed by atoms with Gasteiger partial charge in [-0.25, -0.2) is 18.2 Å². The predicted molar refractivity (Wildman–Crippen MR) is 186 cm³/mol. The second-order valence-electron chi connectivity index (χ2n) is 11.3. The van der Waals surface area contributed by atoms with Crippen molar-refractivity contribution in [1.82, 2.24) is 24.6 Å². The maximum absolute atomic E-state index is 14.5. The number of para-hydroxylation sites is 1. The number of nitrogens with zero attached hydrogens (tertiary/aromatic N) is 6. The van der Waals surface area contributed by atoms with Crippen molar-refractivity contribution in [3.8, 4) is 22.3 Å². The molecule has 0 unspecified atom stereocenters. The summed E-state index contributed by atoms with van der Waals surface area (Å²) in [5.41, 5.74) is 2.52. The lowest BCUT2D eigenvalue weighted by molar-refractivity contribution is 0.102. The van der Waals surface area contributed by atoms with E-state index in [2.05, 4.69) is 32.3 Å². The van der Waals surface area contributed by atoms with Crippen LogP contribution in [0.15, 0.2) is 85.3 Å². The number of hydrogen-bond donors (Lipinski definition) is 1. The summed E-state index contributed by atoms with van der Waals surface area (Å²) in [4.78, 5) is 26.4. The molecule has 1 aliphatic rings. The minimum atomic E-state index is -1.04. The van der Waals surface area contributed by atoms with Gasteiger partial charge in [0.25, 0.3) is 11.7 Å². The Balaban J connectivity index is 0.000000171. The highest BCUT2D eigenvalue weighted by atomic mass is 35.5. The monoisotopic (exact) mass is 723 g/mol. The molecule has 7 rings (SSSR count). The smallest absolute Gasteiger partial charge is 0.258 e. The van der Waals surface area contributed by atoms with Gasteiger partial charge in [0.15, 0.2) is 0 Å². The molecule has 3 aromatic carbocycles. The molecular formula is C35H27Cl3F3N7O. The van der Waals surface area contributed by atoms with Gasteiger partial charge in [0.2, 0.25) is 0 Å². The number of rotatable bonds is 5. The zero-order valence-corrected chi connectivity index (χ0v) is 28.1. The SMILES string of the molecule is CC1CCN(c2c(-c3c(F)cc(F)cc3F)c(Cl)nc3ncnn23)CC1.O=C(Nc1ccccc1-c1ccc(Cl)cc1)c1cccnc1Cl. The summed E-state index contributed by atoms with van der Waals surface area (Å²) in [7, 11) is 0. The van der Waals surface area contributed by atoms with Crippen LogP contribution < -0.4 is 10.2 Å². The quantitative estimate of drug-likeness (QED) is 0.141. The van der Waals surface area contributed by atoms with Gasteiger partial charge in [0, 0.05) is 47.7 Å². The van der Waals surface area contributed by atoms with Gasteiger partial charge < -0.3 is 10.2 Å². The van der Waals surface area contributed by atoms with Crippen molar-refractivity contribution in [3.05, 3.63) is 124 Å². The molecule has 250 valence electrons. The second-order valence-corrected chi connectivity index (χ2v) is 12.5. The molecule has 3 aromatic heterocycles. The Morgan fingerprint density at radius 2 is 1.55 bits per heavy atom. The van der Waals surface area contributed by atoms with Crippen LogP contribution in [0.5, 0.6) is 0 Å². The lowest BCUT2D eigenvalue weighted by Gasteiger charge is -2.33. The molecule has 4 heterocycles. The molecule has 0 spiro atoms. The zero-order chi connectivity index (χ0) is 34.7. The van der Waals surface area contributed by atoms with E-state index in [0.717, 1.165) is 24.0 Å². The molecule has 1 fully saturated rings. The molecule has 8 nitrogen and oxygen atoms in total. The van der Waals surface area contributed by atoms with Gasteiger partial charge in [0.1, 0.15) is 39.9 Å². The molecule has 1 aliphatic heterocycles. The van der Waals surface area contributed by atoms with Crippen LogP contribution in [0.2, 0.25) is 15.3 Å². The first-order valence-corrected chi connectivity index (χ1v) is 16.3. The topological polar surface area (TPSA) is 88.3 Å². The van der Waals surface area contributed by atoms with Crippen molar-refractivity contribution < 1.29 is 18.0 Å². The Labute approximate surface area is 294 Å². The summed E-state index contributed by atoms with van der Waals surface area (Å²) < 4.78 is 43.7. The van der Waals surface area contributed by atoms with Crippen molar-refractivity contribution in [2.75, 3.05) is 23.3 Å². The first-order chi connectivity index (χ1) is 23.6. The average Bonchev–Trinajstić information content (AvgIpc) is 3.54. The third kappa shape index (κ3) is 7.49. The number of carbonyl (C=O) groups excluding carboxylic acids is 1. The van der Waals surface area contributed by atoms with Gasteiger partial charge in [-0.1, -0.05) is 72.1 Å². The van der Waals surface area contributed by atoms with Crippen LogP contribution in [0, 0.1) is 23.4 Å². The molecule has 6 aromatic rings. The fourth-order valence-electron chi connectivity index (χ4n) is 5.53. The van der Waals surface area contributed by atoms with Crippen molar-refractivity contribution in [2.24, 2.45) is 5.92 Å². The fourth-order valence-corrected chi connectivity index (χ4v) is 6.12. The molecule has 1 N–H and O–H groups in total. The van der Waals surface area contributed by atoms with Crippen LogP contribution in [-0.4, -0.2) is 43.6 Å². The van der Waals surface area contributed by atoms with Crippen molar-refractivity contribution >= 4 is 58.0 Å². The lowest BCUT2D eigenvalue weighted by Crippen LogP contribution is -2.35. The Hall–Kier alpha value is -4.71. The highest BCUT2D eigenvalue weighted by Gasteiger charge is 2.29. The Morgan fingerprint density at radius 3 is 2.24 bits per heavy atom. The second kappa shape index (κ2) is 14.8. The van der Waals surface area contributed by atoms with Crippen LogP contribution in [0.3, 0.4) is 0 Å². The third-order valence-corrected chi connectivity index (χ3v) is 8.86. The zero-order valence-electron chi connectivity index (χ0n) is 25.8. The van der Waals surface area contributed by atoms with Crippen LogP contribution >= 0.6 is 34.8 Å². The number of piperidine rings is 1. The number of benzene rings is 3.